The molecule has 1 unspecified atom stereocenters. The number of ether oxygens (including phenoxy) is 1. The highest BCUT2D eigenvalue weighted by Crippen LogP contribution is 2.39. The van der Waals surface area contributed by atoms with E-state index in [2.05, 4.69) is 15.6 Å². The molecule has 1 atom stereocenters. The number of aromatic nitrogens is 4. The van der Waals surface area contributed by atoms with E-state index in [1.54, 1.807) is 42.4 Å². The average molecular weight is 473 g/mol. The topological polar surface area (TPSA) is 94.0 Å². The lowest BCUT2D eigenvalue weighted by atomic mass is 9.95. The summed E-state index contributed by atoms with van der Waals surface area (Å²) in [4.78, 5) is 22.2. The average Bonchev–Trinajstić information content (AvgIpc) is 3.28. The Bertz CT molecular complexity index is 1380. The molecule has 0 spiro atoms. The van der Waals surface area contributed by atoms with Gasteiger partial charge in [-0.3, -0.25) is 9.78 Å². The maximum absolute atomic E-state index is 13.5. The summed E-state index contributed by atoms with van der Waals surface area (Å²) < 4.78 is 6.95. The molecule has 4 aromatic rings. The van der Waals surface area contributed by atoms with Gasteiger partial charge in [-0.15, -0.1) is 5.10 Å². The summed E-state index contributed by atoms with van der Waals surface area (Å²) in [6.45, 7) is 1.84. The van der Waals surface area contributed by atoms with Gasteiger partial charge in [-0.2, -0.15) is 4.98 Å². The van der Waals surface area contributed by atoms with Crippen molar-refractivity contribution in [3.05, 3.63) is 94.9 Å². The van der Waals surface area contributed by atoms with E-state index in [1.807, 2.05) is 49.4 Å². The van der Waals surface area contributed by atoms with Crippen LogP contribution in [0.4, 0.5) is 11.6 Å². The molecule has 9 heteroatoms. The van der Waals surface area contributed by atoms with Crippen molar-refractivity contribution in [3.8, 4) is 17.1 Å². The number of amides is 1. The first-order valence-corrected chi connectivity index (χ1v) is 11.0. The summed E-state index contributed by atoms with van der Waals surface area (Å²) >= 11 is 6.60. The lowest BCUT2D eigenvalue weighted by molar-refractivity contribution is -0.113. The van der Waals surface area contributed by atoms with Crippen LogP contribution < -0.4 is 15.4 Å². The summed E-state index contributed by atoms with van der Waals surface area (Å²) in [5.41, 5.74) is 3.30. The Morgan fingerprint density at radius 2 is 1.91 bits per heavy atom. The fraction of sp³-hybridized carbons (Fsp3) is 0.120. The molecule has 1 aliphatic rings. The van der Waals surface area contributed by atoms with Crippen molar-refractivity contribution in [2.24, 2.45) is 0 Å². The van der Waals surface area contributed by atoms with E-state index in [0.29, 0.717) is 33.8 Å². The minimum Gasteiger partial charge on any atom is -0.497 e. The van der Waals surface area contributed by atoms with E-state index in [0.717, 1.165) is 16.9 Å². The van der Waals surface area contributed by atoms with Gasteiger partial charge in [0.2, 0.25) is 5.95 Å². The normalized spacial score (nSPS) is 14.9. The van der Waals surface area contributed by atoms with Crippen LogP contribution in [-0.2, 0) is 4.79 Å². The van der Waals surface area contributed by atoms with Crippen LogP contribution in [0.1, 0.15) is 18.5 Å². The van der Waals surface area contributed by atoms with Crippen molar-refractivity contribution in [1.29, 1.82) is 0 Å². The first-order chi connectivity index (χ1) is 16.5. The number of hydrogen-bond acceptors (Lipinski definition) is 6. The summed E-state index contributed by atoms with van der Waals surface area (Å²) in [7, 11) is 1.62. The number of nitrogens with one attached hydrogen (secondary N) is 2. The Labute approximate surface area is 201 Å². The monoisotopic (exact) mass is 472 g/mol. The third-order valence-electron chi connectivity index (χ3n) is 5.56. The summed E-state index contributed by atoms with van der Waals surface area (Å²) in [5, 5.41) is 11.5. The quantitative estimate of drug-likeness (QED) is 0.427. The molecule has 0 aliphatic carbocycles. The Kier molecular flexibility index (Phi) is 5.73. The van der Waals surface area contributed by atoms with E-state index in [-0.39, 0.29) is 5.91 Å². The van der Waals surface area contributed by atoms with Crippen molar-refractivity contribution in [2.45, 2.75) is 13.0 Å². The Morgan fingerprint density at radius 1 is 1.12 bits per heavy atom. The predicted octanol–water partition coefficient (Wildman–Crippen LogP) is 4.93. The second-order valence-corrected chi connectivity index (χ2v) is 8.12. The van der Waals surface area contributed by atoms with Crippen molar-refractivity contribution < 1.29 is 9.53 Å². The zero-order chi connectivity index (χ0) is 23.7. The molecule has 5 rings (SSSR count). The number of allylic oxidation sites excluding steroid dienone is 1. The van der Waals surface area contributed by atoms with Gasteiger partial charge >= 0.3 is 0 Å². The van der Waals surface area contributed by atoms with Gasteiger partial charge in [-0.25, -0.2) is 4.68 Å². The number of methoxy groups -OCH3 is 1. The van der Waals surface area contributed by atoms with E-state index in [1.165, 1.54) is 0 Å². The van der Waals surface area contributed by atoms with Crippen molar-refractivity contribution in [2.75, 3.05) is 17.7 Å². The third-order valence-corrected chi connectivity index (χ3v) is 5.91. The maximum Gasteiger partial charge on any atom is 0.255 e. The molecule has 1 amide bonds. The zero-order valence-corrected chi connectivity index (χ0v) is 19.2. The summed E-state index contributed by atoms with van der Waals surface area (Å²) in [5.74, 6) is 1.50. The number of anilines is 2. The van der Waals surface area contributed by atoms with Crippen LogP contribution in [-0.4, -0.2) is 32.8 Å². The Morgan fingerprint density at radius 3 is 2.62 bits per heavy atom. The number of carbonyl (C=O) groups is 1. The van der Waals surface area contributed by atoms with Gasteiger partial charge in [-0.1, -0.05) is 29.8 Å². The zero-order valence-electron chi connectivity index (χ0n) is 18.5. The molecular weight excluding hydrogens is 452 g/mol. The molecule has 34 heavy (non-hydrogen) atoms. The number of benzene rings is 2. The third kappa shape index (κ3) is 3.99. The molecule has 0 saturated heterocycles. The molecular formula is C25H21ClN6O2. The van der Waals surface area contributed by atoms with Crippen molar-refractivity contribution in [1.82, 2.24) is 19.7 Å². The largest absolute Gasteiger partial charge is 0.497 e. The van der Waals surface area contributed by atoms with E-state index in [4.69, 9.17) is 26.4 Å². The molecule has 2 N–H and O–H groups in total. The van der Waals surface area contributed by atoms with Gasteiger partial charge in [0.05, 0.1) is 24.6 Å². The first kappa shape index (κ1) is 21.7. The summed E-state index contributed by atoms with van der Waals surface area (Å²) in [6.07, 6.45) is 3.24. The number of pyridine rings is 1. The molecule has 170 valence electrons. The lowest BCUT2D eigenvalue weighted by Gasteiger charge is -2.29. The van der Waals surface area contributed by atoms with E-state index >= 15 is 0 Å². The SMILES string of the molecule is COc1ccc(-c2nc3n(n2)C(c2ccccc2Cl)C(C(=O)Nc2cccnc2)=C(C)N3)cc1. The number of nitrogens with zero attached hydrogens (tertiary/aromatic N) is 4. The van der Waals surface area contributed by atoms with Gasteiger partial charge in [0.25, 0.3) is 5.91 Å². The lowest BCUT2D eigenvalue weighted by Crippen LogP contribution is -2.31. The van der Waals surface area contributed by atoms with Crippen LogP contribution in [0.2, 0.25) is 5.02 Å². The number of carbonyl (C=O) groups excluding carboxylic acids is 1. The molecule has 0 fully saturated rings. The number of hydrogen-bond donors (Lipinski definition) is 2. The molecule has 3 heterocycles. The highest BCUT2D eigenvalue weighted by Gasteiger charge is 2.35. The van der Waals surface area contributed by atoms with Crippen LogP contribution in [0.5, 0.6) is 5.75 Å². The van der Waals surface area contributed by atoms with Crippen LogP contribution in [0.15, 0.2) is 84.3 Å². The van der Waals surface area contributed by atoms with Crippen LogP contribution in [0, 0.1) is 0 Å². The first-order valence-electron chi connectivity index (χ1n) is 10.6. The van der Waals surface area contributed by atoms with Gasteiger partial charge in [0.15, 0.2) is 5.82 Å². The Hall–Kier alpha value is -4.17. The second kappa shape index (κ2) is 8.99. The minimum atomic E-state index is -0.582. The maximum atomic E-state index is 13.5. The Balaban J connectivity index is 1.60. The highest BCUT2D eigenvalue weighted by molar-refractivity contribution is 6.31. The molecule has 1 aliphatic heterocycles. The van der Waals surface area contributed by atoms with Gasteiger partial charge in [0.1, 0.15) is 11.8 Å². The standard InChI is InChI=1S/C25H21ClN6O2/c1-15-21(24(33)29-17-6-5-13-27-14-17)22(19-7-3-4-8-20(19)26)32-25(28-15)30-23(31-32)16-9-11-18(34-2)12-10-16/h3-14,22H,1-2H3,(H,29,33)(H,28,30,31). The molecule has 0 bridgehead atoms. The van der Waals surface area contributed by atoms with Crippen LogP contribution >= 0.6 is 11.6 Å². The minimum absolute atomic E-state index is 0.282. The predicted molar refractivity (Wildman–Crippen MR) is 131 cm³/mol. The van der Waals surface area contributed by atoms with Crippen molar-refractivity contribution >= 4 is 29.1 Å². The fourth-order valence-corrected chi connectivity index (χ4v) is 4.17. The van der Waals surface area contributed by atoms with E-state index in [9.17, 15) is 4.79 Å². The second-order valence-electron chi connectivity index (χ2n) is 7.72. The number of rotatable bonds is 5. The van der Waals surface area contributed by atoms with Crippen LogP contribution in [0.3, 0.4) is 0 Å². The smallest absolute Gasteiger partial charge is 0.255 e. The highest BCUT2D eigenvalue weighted by atomic mass is 35.5. The van der Waals surface area contributed by atoms with Crippen LogP contribution in [0.25, 0.3) is 11.4 Å². The van der Waals surface area contributed by atoms with Crippen molar-refractivity contribution in [3.63, 3.8) is 0 Å². The van der Waals surface area contributed by atoms with Gasteiger partial charge in [-0.05, 0) is 49.4 Å². The van der Waals surface area contributed by atoms with Gasteiger partial charge < -0.3 is 15.4 Å². The van der Waals surface area contributed by atoms with Gasteiger partial charge in [0, 0.05) is 28.0 Å². The molecule has 0 radical (unpaired) electrons. The molecule has 2 aromatic heterocycles. The molecule has 2 aromatic carbocycles. The number of halogens is 1. The molecule has 0 saturated carbocycles. The van der Waals surface area contributed by atoms with E-state index < -0.39 is 6.04 Å². The molecule has 8 nitrogen and oxygen atoms in total. The number of fused-ring (bicyclic) bond motifs is 1. The summed E-state index contributed by atoms with van der Waals surface area (Å²) in [6, 6.07) is 17.9. The fourth-order valence-electron chi connectivity index (χ4n) is 3.93.